The molecule has 0 radical (unpaired) electrons. The highest BCUT2D eigenvalue weighted by molar-refractivity contribution is 5.23. The number of rotatable bonds is 14. The molecule has 8 nitrogen and oxygen atoms in total. The third kappa shape index (κ3) is 5.73. The minimum Gasteiger partial charge on any atom is -0.379 e. The number of unbranched alkanes of at least 4 members (excludes halogenated alkanes) is 3. The first kappa shape index (κ1) is 24.6. The van der Waals surface area contributed by atoms with Crippen LogP contribution in [0.2, 0.25) is 0 Å². The number of hydrogen-bond donors (Lipinski definition) is 1. The van der Waals surface area contributed by atoms with Gasteiger partial charge in [0.15, 0.2) is 0 Å². The molecule has 1 fully saturated rings. The van der Waals surface area contributed by atoms with Gasteiger partial charge in [0.1, 0.15) is 30.0 Å². The van der Waals surface area contributed by atoms with Gasteiger partial charge in [-0.1, -0.05) is 40.0 Å². The summed E-state index contributed by atoms with van der Waals surface area (Å²) in [6, 6.07) is 2.01. The van der Waals surface area contributed by atoms with E-state index in [2.05, 4.69) is 25.8 Å². The molecule has 0 saturated carbocycles. The number of ether oxygens (including phenoxy) is 4. The normalized spacial score (nSPS) is 26.2. The molecule has 170 valence electrons. The van der Waals surface area contributed by atoms with E-state index < -0.39 is 11.7 Å². The molecule has 1 aromatic rings. The fourth-order valence-electron chi connectivity index (χ4n) is 3.71. The summed E-state index contributed by atoms with van der Waals surface area (Å²) in [5, 5.41) is 9.26. The molecule has 30 heavy (non-hydrogen) atoms. The van der Waals surface area contributed by atoms with Crippen LogP contribution in [0, 0.1) is 11.3 Å². The van der Waals surface area contributed by atoms with E-state index in [1.54, 1.807) is 6.20 Å². The Morgan fingerprint density at radius 2 is 1.83 bits per heavy atom. The first-order valence-electron chi connectivity index (χ1n) is 11.2. The largest absolute Gasteiger partial charge is 0.379 e. The number of imidazole rings is 1. The van der Waals surface area contributed by atoms with Crippen molar-refractivity contribution in [2.45, 2.75) is 90.1 Å². The van der Waals surface area contributed by atoms with E-state index in [1.807, 2.05) is 13.0 Å². The molecule has 8 heteroatoms. The van der Waals surface area contributed by atoms with Crippen LogP contribution in [0.4, 0.5) is 0 Å². The monoisotopic (exact) mass is 422 g/mol. The zero-order chi connectivity index (χ0) is 22.0. The van der Waals surface area contributed by atoms with Crippen LogP contribution >= 0.6 is 0 Å². The van der Waals surface area contributed by atoms with Gasteiger partial charge in [-0.2, -0.15) is 5.26 Å². The number of nitrogens with zero attached hydrogens (tertiary/aromatic N) is 3. The quantitative estimate of drug-likeness (QED) is 0.361. The highest BCUT2D eigenvalue weighted by Gasteiger charge is 2.57. The summed E-state index contributed by atoms with van der Waals surface area (Å²) < 4.78 is 26.3. The molecule has 2 heterocycles. The Morgan fingerprint density at radius 3 is 2.47 bits per heavy atom. The predicted molar refractivity (Wildman–Crippen MR) is 114 cm³/mol. The second-order valence-corrected chi connectivity index (χ2v) is 8.00. The van der Waals surface area contributed by atoms with Crippen molar-refractivity contribution in [1.29, 1.82) is 5.26 Å². The molecule has 1 saturated heterocycles. The highest BCUT2D eigenvalue weighted by atomic mass is 16.6. The lowest BCUT2D eigenvalue weighted by Crippen LogP contribution is -2.48. The summed E-state index contributed by atoms with van der Waals surface area (Å²) in [6.45, 7) is 10.7. The van der Waals surface area contributed by atoms with Crippen molar-refractivity contribution in [3.8, 4) is 6.07 Å². The summed E-state index contributed by atoms with van der Waals surface area (Å²) in [4.78, 5) is 4.12. The molecular weight excluding hydrogens is 384 g/mol. The van der Waals surface area contributed by atoms with E-state index in [-0.39, 0.29) is 18.0 Å². The minimum atomic E-state index is -0.772. The van der Waals surface area contributed by atoms with E-state index in [4.69, 9.17) is 24.8 Å². The van der Waals surface area contributed by atoms with Crippen LogP contribution in [-0.4, -0.2) is 53.9 Å². The first-order chi connectivity index (χ1) is 14.5. The van der Waals surface area contributed by atoms with Gasteiger partial charge in [-0.05, 0) is 26.2 Å². The van der Waals surface area contributed by atoms with Crippen LogP contribution in [0.3, 0.4) is 0 Å². The topological polar surface area (TPSA) is 105 Å². The van der Waals surface area contributed by atoms with Crippen molar-refractivity contribution in [3.05, 3.63) is 17.7 Å². The molecule has 2 rings (SSSR count). The molecule has 0 aliphatic carbocycles. The Balaban J connectivity index is 2.31. The van der Waals surface area contributed by atoms with Crippen molar-refractivity contribution in [2.24, 2.45) is 0 Å². The van der Waals surface area contributed by atoms with Crippen molar-refractivity contribution in [1.82, 2.24) is 9.66 Å². The van der Waals surface area contributed by atoms with E-state index in [1.165, 1.54) is 4.68 Å². The minimum absolute atomic E-state index is 0.135. The number of nitrogens with two attached hydrogens (primary N) is 1. The molecule has 0 aromatic carbocycles. The van der Waals surface area contributed by atoms with Gasteiger partial charge in [0.05, 0.1) is 18.5 Å². The Bertz CT molecular complexity index is 675. The summed E-state index contributed by atoms with van der Waals surface area (Å²) in [6.07, 6.45) is 6.52. The molecule has 1 aliphatic heterocycles. The van der Waals surface area contributed by atoms with Crippen LogP contribution < -0.4 is 5.84 Å². The second kappa shape index (κ2) is 12.3. The van der Waals surface area contributed by atoms with Gasteiger partial charge in [0, 0.05) is 19.8 Å². The van der Waals surface area contributed by atoms with E-state index in [0.29, 0.717) is 32.1 Å². The summed E-state index contributed by atoms with van der Waals surface area (Å²) >= 11 is 0. The average Bonchev–Trinajstić information content (AvgIpc) is 3.23. The Kier molecular flexibility index (Phi) is 10.1. The summed E-state index contributed by atoms with van der Waals surface area (Å²) in [5.74, 6) is 6.28. The average molecular weight is 423 g/mol. The van der Waals surface area contributed by atoms with Crippen LogP contribution in [0.5, 0.6) is 0 Å². The Labute approximate surface area is 180 Å². The fraction of sp³-hybridized carbons (Fsp3) is 0.818. The molecule has 0 bridgehead atoms. The number of nitriles is 1. The lowest BCUT2D eigenvalue weighted by Gasteiger charge is -2.35. The number of aromatic nitrogens is 2. The molecule has 1 aliphatic rings. The van der Waals surface area contributed by atoms with Crippen LogP contribution in [-0.2, 0) is 18.9 Å². The predicted octanol–water partition coefficient (Wildman–Crippen LogP) is 3.49. The SMILES string of the molecule is CCCCOCC1OC(c2cnc(C#N)n2N)[C@](C)(OCCCC)[C@@H]1OCCCC. The zero-order valence-corrected chi connectivity index (χ0v) is 18.9. The molecule has 1 aromatic heterocycles. The maximum absolute atomic E-state index is 9.26. The van der Waals surface area contributed by atoms with Crippen LogP contribution in [0.25, 0.3) is 0 Å². The standard InChI is InChI=1S/C22H38N4O4/c1-5-8-11-27-16-18-21(28-12-9-6-2)22(4,29-13-10-7-3)20(30-18)17-15-25-19(14-23)26(17)24/h15,18,20-21H,5-13,16,24H2,1-4H3/t18?,20?,21-,22+/m1/s1. The van der Waals surface area contributed by atoms with Gasteiger partial charge < -0.3 is 24.8 Å². The van der Waals surface area contributed by atoms with Gasteiger partial charge in [-0.3, -0.25) is 0 Å². The molecule has 0 amide bonds. The van der Waals surface area contributed by atoms with Gasteiger partial charge in [-0.25, -0.2) is 9.66 Å². The van der Waals surface area contributed by atoms with Crippen LogP contribution in [0.1, 0.15) is 83.8 Å². The fourth-order valence-corrected chi connectivity index (χ4v) is 3.71. The first-order valence-corrected chi connectivity index (χ1v) is 11.2. The summed E-state index contributed by atoms with van der Waals surface area (Å²) in [5.41, 5.74) is -0.170. The van der Waals surface area contributed by atoms with Gasteiger partial charge in [0.2, 0.25) is 5.82 Å². The van der Waals surface area contributed by atoms with Crippen molar-refractivity contribution in [3.63, 3.8) is 0 Å². The second-order valence-electron chi connectivity index (χ2n) is 8.00. The van der Waals surface area contributed by atoms with E-state index in [0.717, 1.165) is 38.5 Å². The van der Waals surface area contributed by atoms with Gasteiger partial charge in [-0.15, -0.1) is 0 Å². The maximum atomic E-state index is 9.26. The van der Waals surface area contributed by atoms with Crippen LogP contribution in [0.15, 0.2) is 6.20 Å². The Hall–Kier alpha value is -1.66. The van der Waals surface area contributed by atoms with E-state index in [9.17, 15) is 5.26 Å². The highest BCUT2D eigenvalue weighted by Crippen LogP contribution is 2.45. The molecular formula is C22H38N4O4. The lowest BCUT2D eigenvalue weighted by molar-refractivity contribution is -0.138. The molecule has 0 spiro atoms. The summed E-state index contributed by atoms with van der Waals surface area (Å²) in [7, 11) is 0. The third-order valence-electron chi connectivity index (χ3n) is 5.56. The molecule has 2 unspecified atom stereocenters. The van der Waals surface area contributed by atoms with Crippen molar-refractivity contribution < 1.29 is 18.9 Å². The third-order valence-corrected chi connectivity index (χ3v) is 5.56. The maximum Gasteiger partial charge on any atom is 0.231 e. The number of hydrogen-bond acceptors (Lipinski definition) is 7. The zero-order valence-electron chi connectivity index (χ0n) is 18.9. The van der Waals surface area contributed by atoms with Gasteiger partial charge in [0.25, 0.3) is 0 Å². The number of nitrogen functional groups attached to an aromatic ring is 1. The van der Waals surface area contributed by atoms with Gasteiger partial charge >= 0.3 is 0 Å². The molecule has 2 N–H and O–H groups in total. The van der Waals surface area contributed by atoms with Crippen molar-refractivity contribution >= 4 is 0 Å². The molecule has 4 atom stereocenters. The van der Waals surface area contributed by atoms with Crippen molar-refractivity contribution in [2.75, 3.05) is 32.3 Å². The van der Waals surface area contributed by atoms with E-state index >= 15 is 0 Å². The lowest BCUT2D eigenvalue weighted by atomic mass is 9.90. The Morgan fingerprint density at radius 1 is 1.17 bits per heavy atom. The smallest absolute Gasteiger partial charge is 0.231 e.